The molecule has 0 unspecified atom stereocenters. The topological polar surface area (TPSA) is 80.1 Å². The molecule has 110 valence electrons. The van der Waals surface area contributed by atoms with E-state index in [-0.39, 0.29) is 17.3 Å². The summed E-state index contributed by atoms with van der Waals surface area (Å²) >= 11 is 0. The largest absolute Gasteiger partial charge is 0.373 e. The lowest BCUT2D eigenvalue weighted by atomic mass is 10.1. The Morgan fingerprint density at radius 2 is 1.95 bits per heavy atom. The quantitative estimate of drug-likeness (QED) is 0.631. The molecule has 0 fully saturated rings. The summed E-state index contributed by atoms with van der Waals surface area (Å²) in [6, 6.07) is 9.09. The Labute approximate surface area is 121 Å². The van der Waals surface area contributed by atoms with Crippen molar-refractivity contribution in [1.82, 2.24) is 4.98 Å². The molecule has 0 radical (unpaired) electrons. The maximum atomic E-state index is 12.8. The first-order valence-electron chi connectivity index (χ1n) is 6.41. The predicted octanol–water partition coefficient (Wildman–Crippen LogP) is 2.83. The smallest absolute Gasteiger partial charge is 0.311 e. The number of hydrogen-bond acceptors (Lipinski definition) is 5. The molecule has 0 saturated heterocycles. The van der Waals surface area contributed by atoms with Gasteiger partial charge in [-0.15, -0.1) is 0 Å². The van der Waals surface area contributed by atoms with Crippen LogP contribution in [0.4, 0.5) is 21.7 Å². The van der Waals surface area contributed by atoms with Gasteiger partial charge in [0.25, 0.3) is 0 Å². The van der Waals surface area contributed by atoms with E-state index >= 15 is 0 Å². The second kappa shape index (κ2) is 6.65. The van der Waals surface area contributed by atoms with Gasteiger partial charge in [-0.25, -0.2) is 9.37 Å². The lowest BCUT2D eigenvalue weighted by Crippen LogP contribution is -2.09. The lowest BCUT2D eigenvalue weighted by molar-refractivity contribution is -0.384. The predicted molar refractivity (Wildman–Crippen MR) is 79.0 cm³/mol. The third kappa shape index (κ3) is 3.88. The van der Waals surface area contributed by atoms with E-state index in [4.69, 9.17) is 0 Å². The standard InChI is InChI=1S/C14H15FN4O2/c1-16-13-7-6-12(19(20)21)14(18-13)17-9-8-10-2-4-11(15)5-3-10/h2-7H,8-9H2,1H3,(H2,16,17,18). The normalized spacial score (nSPS) is 10.2. The number of hydrogen-bond donors (Lipinski definition) is 2. The number of benzene rings is 1. The molecule has 7 heteroatoms. The molecule has 2 N–H and O–H groups in total. The fourth-order valence-corrected chi connectivity index (χ4v) is 1.84. The van der Waals surface area contributed by atoms with E-state index in [0.29, 0.717) is 18.8 Å². The van der Waals surface area contributed by atoms with Crippen molar-refractivity contribution in [2.75, 3.05) is 24.2 Å². The Morgan fingerprint density at radius 1 is 1.24 bits per heavy atom. The summed E-state index contributed by atoms with van der Waals surface area (Å²) in [5.41, 5.74) is 0.865. The molecule has 0 aliphatic rings. The highest BCUT2D eigenvalue weighted by Gasteiger charge is 2.15. The van der Waals surface area contributed by atoms with Crippen LogP contribution in [0, 0.1) is 15.9 Å². The van der Waals surface area contributed by atoms with Crippen molar-refractivity contribution in [1.29, 1.82) is 0 Å². The molecular formula is C14H15FN4O2. The van der Waals surface area contributed by atoms with Gasteiger partial charge in [0, 0.05) is 19.7 Å². The van der Waals surface area contributed by atoms with E-state index in [0.717, 1.165) is 5.56 Å². The highest BCUT2D eigenvalue weighted by molar-refractivity contribution is 5.60. The number of pyridine rings is 1. The van der Waals surface area contributed by atoms with Crippen molar-refractivity contribution < 1.29 is 9.31 Å². The average Bonchev–Trinajstić information content (AvgIpc) is 2.49. The molecule has 0 aliphatic carbocycles. The van der Waals surface area contributed by atoms with Crippen LogP contribution in [0.1, 0.15) is 5.56 Å². The summed E-state index contributed by atoms with van der Waals surface area (Å²) in [5.74, 6) is 0.476. The number of aromatic nitrogens is 1. The minimum absolute atomic E-state index is 0.0758. The minimum atomic E-state index is -0.479. The number of rotatable bonds is 6. The van der Waals surface area contributed by atoms with Crippen molar-refractivity contribution in [3.8, 4) is 0 Å². The number of nitro groups is 1. The zero-order valence-electron chi connectivity index (χ0n) is 11.5. The Morgan fingerprint density at radius 3 is 2.57 bits per heavy atom. The Bertz CT molecular complexity index is 631. The first kappa shape index (κ1) is 14.7. The van der Waals surface area contributed by atoms with Crippen molar-refractivity contribution in [2.45, 2.75) is 6.42 Å². The highest BCUT2D eigenvalue weighted by atomic mass is 19.1. The van der Waals surface area contributed by atoms with Crippen LogP contribution in [-0.4, -0.2) is 23.5 Å². The van der Waals surface area contributed by atoms with Crippen LogP contribution in [-0.2, 0) is 6.42 Å². The van der Waals surface area contributed by atoms with Gasteiger partial charge in [-0.05, 0) is 30.2 Å². The van der Waals surface area contributed by atoms with Crippen molar-refractivity contribution in [2.24, 2.45) is 0 Å². The molecule has 21 heavy (non-hydrogen) atoms. The molecule has 0 amide bonds. The van der Waals surface area contributed by atoms with Crippen LogP contribution < -0.4 is 10.6 Å². The van der Waals surface area contributed by atoms with Crippen LogP contribution in [0.5, 0.6) is 0 Å². The average molecular weight is 290 g/mol. The van der Waals surface area contributed by atoms with Gasteiger partial charge in [0.2, 0.25) is 5.82 Å². The third-order valence-corrected chi connectivity index (χ3v) is 2.95. The molecule has 1 aromatic carbocycles. The van der Waals surface area contributed by atoms with Crippen molar-refractivity contribution >= 4 is 17.3 Å². The van der Waals surface area contributed by atoms with E-state index in [9.17, 15) is 14.5 Å². The fraction of sp³-hybridized carbons (Fsp3) is 0.214. The summed E-state index contributed by atoms with van der Waals surface area (Å²) < 4.78 is 12.8. The first-order chi connectivity index (χ1) is 10.1. The van der Waals surface area contributed by atoms with Gasteiger partial charge in [-0.1, -0.05) is 12.1 Å². The second-order valence-corrected chi connectivity index (χ2v) is 4.37. The summed E-state index contributed by atoms with van der Waals surface area (Å²) in [5, 5.41) is 16.7. The second-order valence-electron chi connectivity index (χ2n) is 4.37. The molecule has 1 aromatic heterocycles. The maximum absolute atomic E-state index is 12.8. The molecule has 0 aliphatic heterocycles. The van der Waals surface area contributed by atoms with Crippen LogP contribution in [0.2, 0.25) is 0 Å². The molecule has 2 aromatic rings. The molecular weight excluding hydrogens is 275 g/mol. The SMILES string of the molecule is CNc1ccc([N+](=O)[O-])c(NCCc2ccc(F)cc2)n1. The van der Waals surface area contributed by atoms with Gasteiger partial charge >= 0.3 is 5.69 Å². The van der Waals surface area contributed by atoms with Gasteiger partial charge < -0.3 is 10.6 Å². The summed E-state index contributed by atoms with van der Waals surface area (Å²) in [7, 11) is 1.69. The van der Waals surface area contributed by atoms with Gasteiger partial charge in [-0.3, -0.25) is 10.1 Å². The number of anilines is 2. The third-order valence-electron chi connectivity index (χ3n) is 2.95. The molecule has 0 spiro atoms. The van der Waals surface area contributed by atoms with Crippen LogP contribution >= 0.6 is 0 Å². The van der Waals surface area contributed by atoms with E-state index in [1.165, 1.54) is 18.2 Å². The molecule has 6 nitrogen and oxygen atoms in total. The van der Waals surface area contributed by atoms with Gasteiger partial charge in [0.05, 0.1) is 4.92 Å². The monoisotopic (exact) mass is 290 g/mol. The summed E-state index contributed by atoms with van der Waals surface area (Å²) in [6.45, 7) is 0.465. The Hall–Kier alpha value is -2.70. The zero-order chi connectivity index (χ0) is 15.2. The maximum Gasteiger partial charge on any atom is 0.311 e. The molecule has 1 heterocycles. The zero-order valence-corrected chi connectivity index (χ0v) is 11.5. The number of halogens is 1. The highest BCUT2D eigenvalue weighted by Crippen LogP contribution is 2.23. The summed E-state index contributed by atoms with van der Waals surface area (Å²) in [4.78, 5) is 14.6. The van der Waals surface area contributed by atoms with Gasteiger partial charge in [-0.2, -0.15) is 0 Å². The lowest BCUT2D eigenvalue weighted by Gasteiger charge is -2.08. The van der Waals surface area contributed by atoms with E-state index in [2.05, 4.69) is 15.6 Å². The van der Waals surface area contributed by atoms with Crippen molar-refractivity contribution in [3.05, 3.63) is 57.9 Å². The van der Waals surface area contributed by atoms with Crippen LogP contribution in [0.15, 0.2) is 36.4 Å². The Balaban J connectivity index is 2.04. The Kier molecular flexibility index (Phi) is 4.65. The van der Waals surface area contributed by atoms with Gasteiger partial charge in [0.15, 0.2) is 0 Å². The van der Waals surface area contributed by atoms with E-state index < -0.39 is 4.92 Å². The van der Waals surface area contributed by atoms with E-state index in [1.807, 2.05) is 0 Å². The first-order valence-corrected chi connectivity index (χ1v) is 6.41. The molecule has 0 atom stereocenters. The van der Waals surface area contributed by atoms with Gasteiger partial charge in [0.1, 0.15) is 11.6 Å². The fourth-order valence-electron chi connectivity index (χ4n) is 1.84. The minimum Gasteiger partial charge on any atom is -0.373 e. The molecule has 0 bridgehead atoms. The summed E-state index contributed by atoms with van der Waals surface area (Å²) in [6.07, 6.45) is 0.614. The molecule has 2 rings (SSSR count). The van der Waals surface area contributed by atoms with E-state index in [1.54, 1.807) is 25.2 Å². The molecule has 0 saturated carbocycles. The van der Waals surface area contributed by atoms with Crippen molar-refractivity contribution in [3.63, 3.8) is 0 Å². The number of nitrogens with one attached hydrogen (secondary N) is 2. The van der Waals surface area contributed by atoms with Crippen LogP contribution in [0.3, 0.4) is 0 Å². The number of nitrogens with zero attached hydrogens (tertiary/aromatic N) is 2. The van der Waals surface area contributed by atoms with Crippen LogP contribution in [0.25, 0.3) is 0 Å².